The van der Waals surface area contributed by atoms with E-state index in [0.29, 0.717) is 18.8 Å². The molecular weight excluding hydrogens is 370 g/mol. The number of fused-ring (bicyclic) bond motifs is 1. The zero-order chi connectivity index (χ0) is 20.6. The van der Waals surface area contributed by atoms with Crippen LogP contribution in [0.25, 0.3) is 0 Å². The molecule has 2 N–H and O–H groups in total. The van der Waals surface area contributed by atoms with Crippen molar-refractivity contribution < 1.29 is 19.1 Å². The van der Waals surface area contributed by atoms with Gasteiger partial charge in [-0.05, 0) is 54.7 Å². The van der Waals surface area contributed by atoms with E-state index in [1.807, 2.05) is 42.5 Å². The average molecular weight is 397 g/mol. The van der Waals surface area contributed by atoms with Gasteiger partial charge >= 0.3 is 6.03 Å². The Morgan fingerprint density at radius 2 is 1.90 bits per heavy atom. The Labute approximate surface area is 171 Å². The molecule has 2 aromatic carbocycles. The molecule has 0 saturated carbocycles. The van der Waals surface area contributed by atoms with Crippen molar-refractivity contribution >= 4 is 23.3 Å². The Morgan fingerprint density at radius 1 is 1.10 bits per heavy atom. The molecule has 7 heteroatoms. The molecule has 3 amide bonds. The van der Waals surface area contributed by atoms with Gasteiger partial charge in [0.25, 0.3) is 5.91 Å². The van der Waals surface area contributed by atoms with Crippen molar-refractivity contribution in [3.8, 4) is 5.75 Å². The van der Waals surface area contributed by atoms with Crippen molar-refractivity contribution in [3.05, 3.63) is 53.6 Å². The van der Waals surface area contributed by atoms with Crippen molar-refractivity contribution in [1.29, 1.82) is 0 Å². The smallest absolute Gasteiger partial charge is 0.319 e. The molecule has 2 aromatic rings. The molecular formula is C22H27N3O4. The normalized spacial score (nSPS) is 12.8. The fourth-order valence-corrected chi connectivity index (χ4v) is 3.40. The van der Waals surface area contributed by atoms with Crippen molar-refractivity contribution in [2.75, 3.05) is 44.1 Å². The van der Waals surface area contributed by atoms with E-state index in [0.717, 1.165) is 41.8 Å². The number of urea groups is 1. The summed E-state index contributed by atoms with van der Waals surface area (Å²) in [6.45, 7) is 1.22. The summed E-state index contributed by atoms with van der Waals surface area (Å²) in [7, 11) is 3.14. The maximum atomic E-state index is 12.3. The first kappa shape index (κ1) is 20.7. The molecule has 0 aromatic heterocycles. The quantitative estimate of drug-likeness (QED) is 0.753. The van der Waals surface area contributed by atoms with Gasteiger partial charge in [-0.25, -0.2) is 4.79 Å². The van der Waals surface area contributed by atoms with Crippen LogP contribution in [-0.4, -0.2) is 45.9 Å². The number of nitrogens with one attached hydrogen (secondary N) is 2. The van der Waals surface area contributed by atoms with Crippen molar-refractivity contribution in [3.63, 3.8) is 0 Å². The van der Waals surface area contributed by atoms with E-state index in [1.54, 1.807) is 12.0 Å². The first-order valence-electron chi connectivity index (χ1n) is 9.70. The monoisotopic (exact) mass is 397 g/mol. The number of ether oxygens (including phenoxy) is 2. The number of nitrogens with zero attached hydrogens (tertiary/aromatic N) is 1. The molecule has 0 radical (unpaired) electrons. The number of anilines is 2. The van der Waals surface area contributed by atoms with Crippen LogP contribution in [0.2, 0.25) is 0 Å². The van der Waals surface area contributed by atoms with Gasteiger partial charge in [0.05, 0.1) is 7.11 Å². The summed E-state index contributed by atoms with van der Waals surface area (Å²) in [5, 5.41) is 5.71. The van der Waals surface area contributed by atoms with Crippen LogP contribution in [0.5, 0.6) is 5.75 Å². The number of hydrogen-bond acceptors (Lipinski definition) is 4. The fraction of sp³-hybridized carbons (Fsp3) is 0.364. The lowest BCUT2D eigenvalue weighted by Crippen LogP contribution is -2.38. The minimum atomic E-state index is -0.274. The SMILES string of the molecule is COCC(=O)N1CCCc2ccc(NC(=O)NCCc3ccc(OC)cc3)cc21. The minimum absolute atomic E-state index is 0.0446. The van der Waals surface area contributed by atoms with Crippen LogP contribution in [0.1, 0.15) is 17.5 Å². The predicted octanol–water partition coefficient (Wildman–Crippen LogP) is 2.99. The number of methoxy groups -OCH3 is 2. The zero-order valence-corrected chi connectivity index (χ0v) is 16.9. The van der Waals surface area contributed by atoms with Gasteiger partial charge in [-0.15, -0.1) is 0 Å². The lowest BCUT2D eigenvalue weighted by Gasteiger charge is -2.29. The van der Waals surface area contributed by atoms with E-state index in [9.17, 15) is 9.59 Å². The molecule has 1 aliphatic heterocycles. The van der Waals surface area contributed by atoms with Gasteiger partial charge in [0.15, 0.2) is 0 Å². The topological polar surface area (TPSA) is 79.9 Å². The van der Waals surface area contributed by atoms with Crippen molar-refractivity contribution in [1.82, 2.24) is 5.32 Å². The lowest BCUT2D eigenvalue weighted by atomic mass is 10.0. The summed E-state index contributed by atoms with van der Waals surface area (Å²) in [6, 6.07) is 13.2. The van der Waals surface area contributed by atoms with Gasteiger partial charge in [-0.2, -0.15) is 0 Å². The Balaban J connectivity index is 1.56. The van der Waals surface area contributed by atoms with Gasteiger partial charge in [-0.3, -0.25) is 4.79 Å². The van der Waals surface area contributed by atoms with Gasteiger partial charge in [0, 0.05) is 31.6 Å². The van der Waals surface area contributed by atoms with Crippen LogP contribution in [-0.2, 0) is 22.4 Å². The Morgan fingerprint density at radius 3 is 2.62 bits per heavy atom. The second kappa shape index (κ2) is 9.93. The molecule has 1 heterocycles. The highest BCUT2D eigenvalue weighted by molar-refractivity contribution is 5.97. The molecule has 3 rings (SSSR count). The molecule has 29 heavy (non-hydrogen) atoms. The van der Waals surface area contributed by atoms with Crippen LogP contribution in [0.4, 0.5) is 16.2 Å². The molecule has 0 fully saturated rings. The highest BCUT2D eigenvalue weighted by atomic mass is 16.5. The van der Waals surface area contributed by atoms with Crippen LogP contribution in [0, 0.1) is 0 Å². The number of benzene rings is 2. The highest BCUT2D eigenvalue weighted by Crippen LogP contribution is 2.30. The maximum Gasteiger partial charge on any atom is 0.319 e. The molecule has 0 spiro atoms. The summed E-state index contributed by atoms with van der Waals surface area (Å²) < 4.78 is 10.1. The number of carbonyl (C=O) groups is 2. The largest absolute Gasteiger partial charge is 0.497 e. The molecule has 0 saturated heterocycles. The molecule has 154 valence electrons. The van der Waals surface area contributed by atoms with E-state index < -0.39 is 0 Å². The number of carbonyl (C=O) groups excluding carboxylic acids is 2. The zero-order valence-electron chi connectivity index (χ0n) is 16.9. The summed E-state index contributed by atoms with van der Waals surface area (Å²) >= 11 is 0. The summed E-state index contributed by atoms with van der Waals surface area (Å²) in [4.78, 5) is 26.3. The van der Waals surface area contributed by atoms with E-state index in [2.05, 4.69) is 10.6 Å². The maximum absolute atomic E-state index is 12.3. The first-order chi connectivity index (χ1) is 14.1. The van der Waals surface area contributed by atoms with Gasteiger partial charge in [-0.1, -0.05) is 18.2 Å². The number of hydrogen-bond donors (Lipinski definition) is 2. The van der Waals surface area contributed by atoms with Gasteiger partial charge in [0.2, 0.25) is 0 Å². The third-order valence-electron chi connectivity index (χ3n) is 4.89. The molecule has 0 bridgehead atoms. The summed E-state index contributed by atoms with van der Waals surface area (Å²) in [6.07, 6.45) is 2.56. The third-order valence-corrected chi connectivity index (χ3v) is 4.89. The average Bonchev–Trinajstić information content (AvgIpc) is 2.74. The van der Waals surface area contributed by atoms with Gasteiger partial charge < -0.3 is 25.0 Å². The van der Waals surface area contributed by atoms with Crippen LogP contribution < -0.4 is 20.3 Å². The lowest BCUT2D eigenvalue weighted by molar-refractivity contribution is -0.122. The Kier molecular flexibility index (Phi) is 7.08. The Hall–Kier alpha value is -3.06. The molecule has 0 unspecified atom stereocenters. The highest BCUT2D eigenvalue weighted by Gasteiger charge is 2.22. The predicted molar refractivity (Wildman–Crippen MR) is 113 cm³/mol. The van der Waals surface area contributed by atoms with Crippen LogP contribution >= 0.6 is 0 Å². The van der Waals surface area contributed by atoms with E-state index in [-0.39, 0.29) is 18.5 Å². The molecule has 1 aliphatic rings. The Bertz CT molecular complexity index is 852. The molecule has 7 nitrogen and oxygen atoms in total. The fourth-order valence-electron chi connectivity index (χ4n) is 3.40. The first-order valence-corrected chi connectivity index (χ1v) is 9.70. The second-order valence-corrected chi connectivity index (χ2v) is 6.90. The number of rotatable bonds is 7. The van der Waals surface area contributed by atoms with Crippen LogP contribution in [0.15, 0.2) is 42.5 Å². The summed E-state index contributed by atoms with van der Waals surface area (Å²) in [5.41, 5.74) is 3.72. The van der Waals surface area contributed by atoms with Crippen molar-refractivity contribution in [2.45, 2.75) is 19.3 Å². The molecule has 0 atom stereocenters. The van der Waals surface area contributed by atoms with E-state index >= 15 is 0 Å². The molecule has 0 aliphatic carbocycles. The summed E-state index contributed by atoms with van der Waals surface area (Å²) in [5.74, 6) is 0.736. The third kappa shape index (κ3) is 5.48. The van der Waals surface area contributed by atoms with Crippen molar-refractivity contribution in [2.24, 2.45) is 0 Å². The standard InChI is InChI=1S/C22H27N3O4/c1-28-15-21(26)25-13-3-4-17-7-8-18(14-20(17)25)24-22(27)23-12-11-16-5-9-19(29-2)10-6-16/h5-10,14H,3-4,11-13,15H2,1-2H3,(H2,23,24,27). The van der Waals surface area contributed by atoms with E-state index in [4.69, 9.17) is 9.47 Å². The number of amides is 3. The van der Waals surface area contributed by atoms with Crippen LogP contribution in [0.3, 0.4) is 0 Å². The van der Waals surface area contributed by atoms with E-state index in [1.165, 1.54) is 7.11 Å². The second-order valence-electron chi connectivity index (χ2n) is 6.90. The van der Waals surface area contributed by atoms with Gasteiger partial charge in [0.1, 0.15) is 12.4 Å². The minimum Gasteiger partial charge on any atom is -0.497 e. The number of aryl methyl sites for hydroxylation is 1.